The van der Waals surface area contributed by atoms with E-state index < -0.39 is 11.9 Å². The van der Waals surface area contributed by atoms with E-state index in [0.717, 1.165) is 18.4 Å². The Morgan fingerprint density at radius 1 is 1.38 bits per heavy atom. The molecule has 0 amide bonds. The summed E-state index contributed by atoms with van der Waals surface area (Å²) in [6.07, 6.45) is 2.19. The number of rotatable bonds is 2. The summed E-state index contributed by atoms with van der Waals surface area (Å²) in [5.41, 5.74) is 3.55. The molecule has 0 radical (unpaired) electrons. The molecule has 1 aromatic carbocycles. The van der Waals surface area contributed by atoms with Crippen LogP contribution in [0.15, 0.2) is 18.2 Å². The molecular formula is C13H15NaO2. The van der Waals surface area contributed by atoms with Gasteiger partial charge in [0.1, 0.15) is 0 Å². The van der Waals surface area contributed by atoms with Crippen LogP contribution in [0.3, 0.4) is 0 Å². The van der Waals surface area contributed by atoms with E-state index in [9.17, 15) is 9.90 Å². The van der Waals surface area contributed by atoms with Gasteiger partial charge in [0.2, 0.25) is 0 Å². The third kappa shape index (κ3) is 2.68. The fourth-order valence-electron chi connectivity index (χ4n) is 2.26. The van der Waals surface area contributed by atoms with Crippen molar-refractivity contribution in [1.82, 2.24) is 0 Å². The summed E-state index contributed by atoms with van der Waals surface area (Å²) in [7, 11) is 0. The first-order valence-corrected chi connectivity index (χ1v) is 5.40. The molecule has 1 aliphatic rings. The Morgan fingerprint density at radius 3 is 2.62 bits per heavy atom. The Labute approximate surface area is 118 Å². The Kier molecular flexibility index (Phi) is 4.60. The van der Waals surface area contributed by atoms with Crippen LogP contribution in [0.25, 0.3) is 0 Å². The van der Waals surface area contributed by atoms with Gasteiger partial charge in [0.15, 0.2) is 0 Å². The van der Waals surface area contributed by atoms with Crippen LogP contribution >= 0.6 is 0 Å². The normalized spacial score (nSPS) is 19.8. The molecule has 16 heavy (non-hydrogen) atoms. The molecule has 0 aliphatic heterocycles. The van der Waals surface area contributed by atoms with Gasteiger partial charge < -0.3 is 9.90 Å². The van der Waals surface area contributed by atoms with Crippen LogP contribution in [-0.4, -0.2) is 5.97 Å². The third-order valence-corrected chi connectivity index (χ3v) is 3.22. The maximum absolute atomic E-state index is 10.8. The van der Waals surface area contributed by atoms with Crippen LogP contribution in [0, 0.1) is 5.92 Å². The SMILES string of the molecule is CC1Cc2ccc(C(C)C(=O)[O-])cc2C1.[Na+]. The second kappa shape index (κ2) is 5.35. The van der Waals surface area contributed by atoms with Crippen LogP contribution < -0.4 is 34.7 Å². The molecule has 3 heteroatoms. The summed E-state index contributed by atoms with van der Waals surface area (Å²) in [6, 6.07) is 6.00. The van der Waals surface area contributed by atoms with E-state index in [1.165, 1.54) is 11.1 Å². The fourth-order valence-corrected chi connectivity index (χ4v) is 2.26. The van der Waals surface area contributed by atoms with E-state index >= 15 is 0 Å². The topological polar surface area (TPSA) is 40.1 Å². The molecule has 2 nitrogen and oxygen atoms in total. The Morgan fingerprint density at radius 2 is 2.00 bits per heavy atom. The molecule has 0 bridgehead atoms. The largest absolute Gasteiger partial charge is 1.00 e. The molecular weight excluding hydrogens is 211 g/mol. The predicted molar refractivity (Wildman–Crippen MR) is 56.4 cm³/mol. The molecule has 0 heterocycles. The zero-order valence-electron chi connectivity index (χ0n) is 10.1. The van der Waals surface area contributed by atoms with Gasteiger partial charge in [-0.1, -0.05) is 32.0 Å². The molecule has 0 fully saturated rings. The van der Waals surface area contributed by atoms with Crippen molar-refractivity contribution in [2.24, 2.45) is 5.92 Å². The number of carbonyl (C=O) groups excluding carboxylic acids is 1. The summed E-state index contributed by atoms with van der Waals surface area (Å²) in [4.78, 5) is 10.8. The average Bonchev–Trinajstić information content (AvgIpc) is 2.55. The molecule has 0 saturated heterocycles. The van der Waals surface area contributed by atoms with Gasteiger partial charge in [-0.15, -0.1) is 0 Å². The molecule has 2 atom stereocenters. The standard InChI is InChI=1S/C13H16O2.Na/c1-8-5-11-4-3-10(7-12(11)6-8)9(2)13(14)15;/h3-4,7-9H,5-6H2,1-2H3,(H,14,15);/q;+1/p-1. The Balaban J connectivity index is 0.00000128. The minimum atomic E-state index is -0.999. The van der Waals surface area contributed by atoms with Crippen molar-refractivity contribution in [3.05, 3.63) is 34.9 Å². The van der Waals surface area contributed by atoms with E-state index in [0.29, 0.717) is 5.92 Å². The van der Waals surface area contributed by atoms with Gasteiger partial charge in [0.25, 0.3) is 0 Å². The number of aliphatic carboxylic acids is 1. The van der Waals surface area contributed by atoms with Gasteiger partial charge in [0, 0.05) is 11.9 Å². The number of carboxylic acid groups (broad SMARTS) is 1. The minimum Gasteiger partial charge on any atom is -0.550 e. The molecule has 2 unspecified atom stereocenters. The number of benzene rings is 1. The zero-order valence-corrected chi connectivity index (χ0v) is 12.1. The number of hydrogen-bond donors (Lipinski definition) is 0. The predicted octanol–water partition coefficient (Wildman–Crippen LogP) is -1.72. The Hall–Kier alpha value is -0.310. The first-order chi connectivity index (χ1) is 7.08. The van der Waals surface area contributed by atoms with Crippen molar-refractivity contribution in [1.29, 1.82) is 0 Å². The number of carboxylic acids is 1. The van der Waals surface area contributed by atoms with Crippen LogP contribution in [0.2, 0.25) is 0 Å². The van der Waals surface area contributed by atoms with Crippen molar-refractivity contribution >= 4 is 5.97 Å². The number of hydrogen-bond acceptors (Lipinski definition) is 2. The molecule has 0 saturated carbocycles. The molecule has 80 valence electrons. The first-order valence-electron chi connectivity index (χ1n) is 5.40. The Bertz CT molecular complexity index is 401. The van der Waals surface area contributed by atoms with Gasteiger partial charge in [-0.3, -0.25) is 0 Å². The van der Waals surface area contributed by atoms with Crippen molar-refractivity contribution in [3.8, 4) is 0 Å². The van der Waals surface area contributed by atoms with Gasteiger partial charge >= 0.3 is 29.6 Å². The summed E-state index contributed by atoms with van der Waals surface area (Å²) >= 11 is 0. The van der Waals surface area contributed by atoms with E-state index in [-0.39, 0.29) is 29.6 Å². The quantitative estimate of drug-likeness (QED) is 0.563. The maximum Gasteiger partial charge on any atom is 1.00 e. The van der Waals surface area contributed by atoms with Crippen LogP contribution in [-0.2, 0) is 17.6 Å². The van der Waals surface area contributed by atoms with Crippen LogP contribution in [0.5, 0.6) is 0 Å². The van der Waals surface area contributed by atoms with Crippen LogP contribution in [0.1, 0.15) is 36.5 Å². The van der Waals surface area contributed by atoms with Crippen molar-refractivity contribution in [2.75, 3.05) is 0 Å². The summed E-state index contributed by atoms with van der Waals surface area (Å²) in [6.45, 7) is 3.90. The second-order valence-electron chi connectivity index (χ2n) is 4.58. The van der Waals surface area contributed by atoms with E-state index in [1.54, 1.807) is 6.92 Å². The smallest absolute Gasteiger partial charge is 0.550 e. The monoisotopic (exact) mass is 226 g/mol. The molecule has 0 aromatic heterocycles. The fraction of sp³-hybridized carbons (Fsp3) is 0.462. The van der Waals surface area contributed by atoms with Crippen molar-refractivity contribution < 1.29 is 39.5 Å². The van der Waals surface area contributed by atoms with E-state index in [1.807, 2.05) is 12.1 Å². The van der Waals surface area contributed by atoms with Gasteiger partial charge in [0.05, 0.1) is 0 Å². The molecule has 1 aromatic rings. The van der Waals surface area contributed by atoms with Gasteiger partial charge in [-0.2, -0.15) is 0 Å². The molecule has 0 N–H and O–H groups in total. The van der Waals surface area contributed by atoms with E-state index in [4.69, 9.17) is 0 Å². The third-order valence-electron chi connectivity index (χ3n) is 3.22. The van der Waals surface area contributed by atoms with Crippen LogP contribution in [0.4, 0.5) is 0 Å². The maximum atomic E-state index is 10.8. The first kappa shape index (κ1) is 13.8. The summed E-state index contributed by atoms with van der Waals surface area (Å²) in [5.74, 6) is -0.819. The zero-order chi connectivity index (χ0) is 11.0. The van der Waals surface area contributed by atoms with Crippen molar-refractivity contribution in [2.45, 2.75) is 32.6 Å². The van der Waals surface area contributed by atoms with Gasteiger partial charge in [-0.05, 0) is 35.4 Å². The molecule has 2 rings (SSSR count). The van der Waals surface area contributed by atoms with E-state index in [2.05, 4.69) is 13.0 Å². The number of carbonyl (C=O) groups is 1. The summed E-state index contributed by atoms with van der Waals surface area (Å²) in [5, 5.41) is 10.8. The average molecular weight is 226 g/mol. The summed E-state index contributed by atoms with van der Waals surface area (Å²) < 4.78 is 0. The molecule has 0 spiro atoms. The van der Waals surface area contributed by atoms with Gasteiger partial charge in [-0.25, -0.2) is 0 Å². The second-order valence-corrected chi connectivity index (χ2v) is 4.58. The van der Waals surface area contributed by atoms with Crippen molar-refractivity contribution in [3.63, 3.8) is 0 Å². The number of fused-ring (bicyclic) bond motifs is 1. The minimum absolute atomic E-state index is 0. The molecule has 1 aliphatic carbocycles.